The number of hydrogen-bond donors (Lipinski definition) is 1. The first-order valence-electron chi connectivity index (χ1n) is 11.1. The van der Waals surface area contributed by atoms with Gasteiger partial charge in [0.05, 0.1) is 32.5 Å². The molecule has 0 aliphatic heterocycles. The number of carbonyl (C=O) groups excluding carboxylic acids is 2. The van der Waals surface area contributed by atoms with E-state index in [4.69, 9.17) is 18.6 Å². The molecule has 4 rings (SSSR count). The zero-order valence-corrected chi connectivity index (χ0v) is 21.6. The van der Waals surface area contributed by atoms with Crippen LogP contribution < -0.4 is 14.8 Å². The highest BCUT2D eigenvalue weighted by Crippen LogP contribution is 2.38. The molecule has 2 heterocycles. The summed E-state index contributed by atoms with van der Waals surface area (Å²) in [6, 6.07) is 4.83. The van der Waals surface area contributed by atoms with Crippen LogP contribution in [0.5, 0.6) is 11.5 Å². The maximum Gasteiger partial charge on any atom is 0.341 e. The van der Waals surface area contributed by atoms with Crippen molar-refractivity contribution >= 4 is 38.1 Å². The van der Waals surface area contributed by atoms with E-state index in [-0.39, 0.29) is 16.5 Å². The van der Waals surface area contributed by atoms with Crippen LogP contribution in [-0.2, 0) is 32.2 Å². The van der Waals surface area contributed by atoms with Gasteiger partial charge >= 0.3 is 11.2 Å². The summed E-state index contributed by atoms with van der Waals surface area (Å²) in [6.45, 7) is 0. The predicted octanol–water partition coefficient (Wildman–Crippen LogP) is 3.28. The van der Waals surface area contributed by atoms with Gasteiger partial charge in [0.25, 0.3) is 5.89 Å². The Kier molecular flexibility index (Phi) is 7.59. The molecular formula is C23H25N3O8S2. The van der Waals surface area contributed by atoms with Crippen LogP contribution in [0.1, 0.15) is 40.1 Å². The Balaban J connectivity index is 1.56. The highest BCUT2D eigenvalue weighted by atomic mass is 32.2. The molecule has 1 aliphatic carbocycles. The minimum Gasteiger partial charge on any atom is -0.497 e. The van der Waals surface area contributed by atoms with E-state index in [2.05, 4.69) is 15.5 Å². The largest absolute Gasteiger partial charge is 0.497 e. The second-order valence-corrected chi connectivity index (χ2v) is 11.0. The average Bonchev–Trinajstić information content (AvgIpc) is 3.42. The number of benzene rings is 1. The number of aryl methyl sites for hydroxylation is 1. The van der Waals surface area contributed by atoms with Crippen LogP contribution in [-0.4, -0.2) is 57.6 Å². The van der Waals surface area contributed by atoms with Crippen molar-refractivity contribution in [2.75, 3.05) is 32.4 Å². The van der Waals surface area contributed by atoms with Gasteiger partial charge in [-0.15, -0.1) is 16.4 Å². The quantitative estimate of drug-likeness (QED) is 0.337. The van der Waals surface area contributed by atoms with Crippen LogP contribution >= 0.6 is 11.3 Å². The van der Waals surface area contributed by atoms with Gasteiger partial charge in [-0.2, -0.15) is 0 Å². The van der Waals surface area contributed by atoms with Gasteiger partial charge < -0.3 is 23.9 Å². The Bertz CT molecular complexity index is 1390. The highest BCUT2D eigenvalue weighted by molar-refractivity contribution is 7.91. The molecule has 0 saturated heterocycles. The van der Waals surface area contributed by atoms with Gasteiger partial charge in [0.15, 0.2) is 0 Å². The molecule has 13 heteroatoms. The first-order valence-corrected chi connectivity index (χ1v) is 13.6. The van der Waals surface area contributed by atoms with Crippen LogP contribution in [0.15, 0.2) is 27.8 Å². The maximum atomic E-state index is 12.9. The Morgan fingerprint density at radius 2 is 1.86 bits per heavy atom. The maximum absolute atomic E-state index is 12.9. The molecule has 11 nitrogen and oxygen atoms in total. The lowest BCUT2D eigenvalue weighted by molar-refractivity contribution is -0.113. The smallest absolute Gasteiger partial charge is 0.341 e. The summed E-state index contributed by atoms with van der Waals surface area (Å²) >= 11 is 1.27. The van der Waals surface area contributed by atoms with E-state index in [9.17, 15) is 18.0 Å². The lowest BCUT2D eigenvalue weighted by atomic mass is 10.1. The van der Waals surface area contributed by atoms with Crippen molar-refractivity contribution < 1.29 is 36.6 Å². The van der Waals surface area contributed by atoms with Crippen LogP contribution in [0, 0.1) is 0 Å². The number of carbonyl (C=O) groups is 2. The van der Waals surface area contributed by atoms with Crippen molar-refractivity contribution in [3.05, 3.63) is 34.2 Å². The zero-order chi connectivity index (χ0) is 25.9. The average molecular weight is 536 g/mol. The second kappa shape index (κ2) is 10.7. The van der Waals surface area contributed by atoms with Gasteiger partial charge in [-0.3, -0.25) is 4.79 Å². The molecule has 36 heavy (non-hydrogen) atoms. The van der Waals surface area contributed by atoms with Crippen molar-refractivity contribution in [1.82, 2.24) is 10.2 Å². The summed E-state index contributed by atoms with van der Waals surface area (Å²) in [7, 11) is -0.0989. The molecule has 0 bridgehead atoms. The molecule has 1 aliphatic rings. The molecule has 0 spiro atoms. The van der Waals surface area contributed by atoms with Gasteiger partial charge in [-0.05, 0) is 49.4 Å². The number of ether oxygens (including phenoxy) is 3. The summed E-state index contributed by atoms with van der Waals surface area (Å²) in [5.41, 5.74) is 1.48. The fraction of sp³-hybridized carbons (Fsp3) is 0.391. The number of methoxy groups -OCH3 is 3. The molecule has 192 valence electrons. The van der Waals surface area contributed by atoms with Gasteiger partial charge in [0.2, 0.25) is 15.7 Å². The summed E-state index contributed by atoms with van der Waals surface area (Å²) in [5, 5.41) is 9.57. The molecule has 3 aromatic rings. The van der Waals surface area contributed by atoms with Crippen LogP contribution in [0.2, 0.25) is 0 Å². The first-order chi connectivity index (χ1) is 17.3. The van der Waals surface area contributed by atoms with Gasteiger partial charge in [0.1, 0.15) is 22.3 Å². The number of nitrogens with one attached hydrogen (secondary N) is 1. The summed E-state index contributed by atoms with van der Waals surface area (Å²) in [6.07, 6.45) is 4.44. The molecule has 0 radical (unpaired) electrons. The van der Waals surface area contributed by atoms with Crippen molar-refractivity contribution in [2.24, 2.45) is 0 Å². The van der Waals surface area contributed by atoms with E-state index in [1.54, 1.807) is 18.2 Å². The lowest BCUT2D eigenvalue weighted by Gasteiger charge is -2.07. The molecule has 0 atom stereocenters. The highest BCUT2D eigenvalue weighted by Gasteiger charge is 2.30. The molecule has 1 aromatic carbocycles. The lowest BCUT2D eigenvalue weighted by Crippen LogP contribution is -2.24. The molecule has 0 saturated carbocycles. The SMILES string of the molecule is COC(=O)c1c(NC(=O)CS(=O)(=O)c2nnc(-c3cc(OC)ccc3OC)o2)sc2c1CCCCC2. The van der Waals surface area contributed by atoms with Crippen molar-refractivity contribution in [3.63, 3.8) is 0 Å². The molecule has 2 aromatic heterocycles. The fourth-order valence-electron chi connectivity index (χ4n) is 3.97. The number of aromatic nitrogens is 2. The molecule has 0 unspecified atom stereocenters. The number of nitrogens with zero attached hydrogens (tertiary/aromatic N) is 2. The molecular weight excluding hydrogens is 510 g/mol. The second-order valence-electron chi connectivity index (χ2n) is 8.01. The fourth-order valence-corrected chi connectivity index (χ4v) is 6.18. The normalized spacial score (nSPS) is 13.4. The number of anilines is 1. The third-order valence-electron chi connectivity index (χ3n) is 5.69. The Morgan fingerprint density at radius 1 is 1.08 bits per heavy atom. The van der Waals surface area contributed by atoms with Crippen molar-refractivity contribution in [2.45, 2.75) is 37.3 Å². The van der Waals surface area contributed by atoms with Crippen LogP contribution in [0.25, 0.3) is 11.5 Å². The summed E-state index contributed by atoms with van der Waals surface area (Å²) in [4.78, 5) is 26.2. The molecule has 1 amide bonds. The van der Waals surface area contributed by atoms with Crippen molar-refractivity contribution in [1.29, 1.82) is 0 Å². The monoisotopic (exact) mass is 535 g/mol. The zero-order valence-electron chi connectivity index (χ0n) is 20.0. The van der Waals surface area contributed by atoms with E-state index in [0.717, 1.165) is 36.1 Å². The topological polar surface area (TPSA) is 147 Å². The van der Waals surface area contributed by atoms with Crippen LogP contribution in [0.4, 0.5) is 5.00 Å². The Labute approximate surface area is 211 Å². The number of fused-ring (bicyclic) bond motifs is 1. The standard InChI is InChI=1S/C23H25N3O8S2/c1-31-13-9-10-16(32-2)15(11-13)20-25-26-23(34-20)36(29,30)12-18(27)24-21-19(22(28)33-3)14-7-5-4-6-8-17(14)35-21/h9-11H,4-8,12H2,1-3H3,(H,24,27). The van der Waals surface area contributed by atoms with E-state index in [0.29, 0.717) is 23.5 Å². The number of rotatable bonds is 8. The number of hydrogen-bond acceptors (Lipinski definition) is 11. The van der Waals surface area contributed by atoms with E-state index >= 15 is 0 Å². The minimum atomic E-state index is -4.28. The Hall–Kier alpha value is -3.45. The first kappa shape index (κ1) is 25.6. The van der Waals surface area contributed by atoms with Crippen LogP contribution in [0.3, 0.4) is 0 Å². The predicted molar refractivity (Wildman–Crippen MR) is 130 cm³/mol. The third-order valence-corrected chi connectivity index (χ3v) is 8.24. The van der Waals surface area contributed by atoms with Crippen molar-refractivity contribution in [3.8, 4) is 23.0 Å². The number of amides is 1. The molecule has 1 N–H and O–H groups in total. The van der Waals surface area contributed by atoms with Gasteiger partial charge in [0, 0.05) is 4.88 Å². The summed E-state index contributed by atoms with van der Waals surface area (Å²) in [5.74, 6) is -1.62. The van der Waals surface area contributed by atoms with E-state index < -0.39 is 32.7 Å². The van der Waals surface area contributed by atoms with Gasteiger partial charge in [-0.25, -0.2) is 13.2 Å². The van der Waals surface area contributed by atoms with Gasteiger partial charge in [-0.1, -0.05) is 11.5 Å². The van der Waals surface area contributed by atoms with E-state index in [1.807, 2.05) is 0 Å². The minimum absolute atomic E-state index is 0.111. The number of thiophene rings is 1. The van der Waals surface area contributed by atoms with E-state index in [1.165, 1.54) is 32.7 Å². The third kappa shape index (κ3) is 5.21. The number of sulfone groups is 1. The number of esters is 1. The molecule has 0 fully saturated rings. The summed E-state index contributed by atoms with van der Waals surface area (Å²) < 4.78 is 46.5. The Morgan fingerprint density at radius 3 is 2.58 bits per heavy atom.